The Bertz CT molecular complexity index is 902. The second-order valence-corrected chi connectivity index (χ2v) is 8.95. The fraction of sp³-hybridized carbons (Fsp3) is 0.476. The van der Waals surface area contributed by atoms with Crippen molar-refractivity contribution in [3.63, 3.8) is 0 Å². The van der Waals surface area contributed by atoms with Crippen LogP contribution in [0.4, 0.5) is 0 Å². The minimum absolute atomic E-state index is 0.0824. The van der Waals surface area contributed by atoms with E-state index in [0.717, 1.165) is 31.1 Å². The molecule has 1 aromatic carbocycles. The number of ether oxygens (including phenoxy) is 1. The number of benzene rings is 1. The largest absolute Gasteiger partial charge is 0.458 e. The second-order valence-electron chi connectivity index (χ2n) is 8.19. The molecule has 150 valence electrons. The van der Waals surface area contributed by atoms with Gasteiger partial charge in [-0.2, -0.15) is 0 Å². The topological polar surface area (TPSA) is 68.3 Å². The molecule has 0 bridgehead atoms. The van der Waals surface area contributed by atoms with E-state index in [9.17, 15) is 9.59 Å². The third-order valence-electron chi connectivity index (χ3n) is 4.87. The highest BCUT2D eigenvalue weighted by Crippen LogP contribution is 2.31. The summed E-state index contributed by atoms with van der Waals surface area (Å²) in [4.78, 5) is 29.7. The summed E-state index contributed by atoms with van der Waals surface area (Å²) in [5, 5.41) is 4.93. The maximum absolute atomic E-state index is 12.9. The van der Waals surface area contributed by atoms with E-state index in [-0.39, 0.29) is 17.0 Å². The van der Waals surface area contributed by atoms with E-state index in [1.807, 2.05) is 20.8 Å². The minimum atomic E-state index is -0.669. The number of esters is 1. The maximum Gasteiger partial charge on any atom is 0.329 e. The molecule has 28 heavy (non-hydrogen) atoms. The average molecular weight is 423 g/mol. The Labute approximate surface area is 174 Å². The standard InChI is InChI=1S/C21H24Cl2N2O3/c1-21(2,3)28-20(27)17(12-6-4-5-7-12)25-19(26)13-8-9-14-15(10-13)18(23)24-11-16(14)22/h8-12,17H,4-7H2,1-3H3,(H,25,26). The van der Waals surface area contributed by atoms with E-state index in [1.54, 1.807) is 18.2 Å². The van der Waals surface area contributed by atoms with Crippen molar-refractivity contribution in [2.45, 2.75) is 58.1 Å². The maximum atomic E-state index is 12.9. The predicted molar refractivity (Wildman–Crippen MR) is 111 cm³/mol. The highest BCUT2D eigenvalue weighted by Gasteiger charge is 2.35. The number of halogens is 2. The summed E-state index contributed by atoms with van der Waals surface area (Å²) in [5.74, 6) is -0.657. The van der Waals surface area contributed by atoms with E-state index in [4.69, 9.17) is 27.9 Å². The summed E-state index contributed by atoms with van der Waals surface area (Å²) in [5.41, 5.74) is -0.220. The molecule has 3 rings (SSSR count). The SMILES string of the molecule is CC(C)(C)OC(=O)C(NC(=O)c1ccc2c(Cl)cnc(Cl)c2c1)C1CCCC1. The van der Waals surface area contributed by atoms with Gasteiger partial charge in [-0.05, 0) is 51.7 Å². The van der Waals surface area contributed by atoms with Gasteiger partial charge in [-0.25, -0.2) is 9.78 Å². The van der Waals surface area contributed by atoms with Crippen LogP contribution in [0.25, 0.3) is 10.8 Å². The van der Waals surface area contributed by atoms with Crippen LogP contribution in [-0.2, 0) is 9.53 Å². The quantitative estimate of drug-likeness (QED) is 0.544. The van der Waals surface area contributed by atoms with E-state index in [2.05, 4.69) is 10.3 Å². The summed E-state index contributed by atoms with van der Waals surface area (Å²) in [6.45, 7) is 5.46. The lowest BCUT2D eigenvalue weighted by Crippen LogP contribution is -2.48. The van der Waals surface area contributed by atoms with Crippen LogP contribution >= 0.6 is 23.2 Å². The number of hydrogen-bond acceptors (Lipinski definition) is 4. The van der Waals surface area contributed by atoms with Crippen LogP contribution in [0.1, 0.15) is 56.8 Å². The first-order chi connectivity index (χ1) is 13.2. The lowest BCUT2D eigenvalue weighted by Gasteiger charge is -2.27. The molecule has 0 spiro atoms. The predicted octanol–water partition coefficient (Wildman–Crippen LogP) is 5.17. The fourth-order valence-corrected chi connectivity index (χ4v) is 3.99. The molecule has 1 N–H and O–H groups in total. The molecule has 1 aliphatic carbocycles. The van der Waals surface area contributed by atoms with E-state index < -0.39 is 17.6 Å². The molecule has 1 unspecified atom stereocenters. The number of carbonyl (C=O) groups excluding carboxylic acids is 2. The molecule has 0 radical (unpaired) electrons. The van der Waals surface area contributed by atoms with Crippen LogP contribution in [0.15, 0.2) is 24.4 Å². The average Bonchev–Trinajstić information content (AvgIpc) is 3.15. The van der Waals surface area contributed by atoms with Gasteiger partial charge in [0.1, 0.15) is 16.8 Å². The number of nitrogens with one attached hydrogen (secondary N) is 1. The minimum Gasteiger partial charge on any atom is -0.458 e. The zero-order valence-electron chi connectivity index (χ0n) is 16.2. The Balaban J connectivity index is 1.86. The zero-order chi connectivity index (χ0) is 20.5. The number of fused-ring (bicyclic) bond motifs is 1. The third kappa shape index (κ3) is 4.76. The van der Waals surface area contributed by atoms with Crippen molar-refractivity contribution >= 4 is 45.9 Å². The van der Waals surface area contributed by atoms with E-state index in [1.165, 1.54) is 6.20 Å². The Kier molecular flexibility index (Phi) is 6.15. The molecular formula is C21H24Cl2N2O3. The molecule has 0 saturated heterocycles. The molecule has 1 aromatic heterocycles. The summed E-state index contributed by atoms with van der Waals surface area (Å²) >= 11 is 12.3. The first kappa shape index (κ1) is 20.9. The lowest BCUT2D eigenvalue weighted by molar-refractivity contribution is -0.158. The molecule has 2 aromatic rings. The van der Waals surface area contributed by atoms with Gasteiger partial charge in [-0.3, -0.25) is 4.79 Å². The molecule has 7 heteroatoms. The van der Waals surface area contributed by atoms with Crippen molar-refractivity contribution in [3.05, 3.63) is 40.1 Å². The van der Waals surface area contributed by atoms with Gasteiger partial charge in [0.15, 0.2) is 0 Å². The zero-order valence-corrected chi connectivity index (χ0v) is 17.7. The number of aromatic nitrogens is 1. The molecule has 1 saturated carbocycles. The molecule has 1 atom stereocenters. The van der Waals surface area contributed by atoms with Crippen LogP contribution in [-0.4, -0.2) is 28.5 Å². The smallest absolute Gasteiger partial charge is 0.329 e. The van der Waals surface area contributed by atoms with Gasteiger partial charge in [0.25, 0.3) is 5.91 Å². The molecule has 1 amide bonds. The Hall–Kier alpha value is -1.85. The Morgan fingerprint density at radius 3 is 2.50 bits per heavy atom. The monoisotopic (exact) mass is 422 g/mol. The number of pyridine rings is 1. The highest BCUT2D eigenvalue weighted by molar-refractivity contribution is 6.39. The van der Waals surface area contributed by atoms with Crippen LogP contribution in [0.5, 0.6) is 0 Å². The molecule has 1 fully saturated rings. The van der Waals surface area contributed by atoms with Gasteiger partial charge < -0.3 is 10.1 Å². The van der Waals surface area contributed by atoms with Crippen molar-refractivity contribution in [3.8, 4) is 0 Å². The summed E-state index contributed by atoms with van der Waals surface area (Å²) in [6, 6.07) is 4.38. The first-order valence-electron chi connectivity index (χ1n) is 9.43. The molecule has 1 heterocycles. The number of rotatable bonds is 4. The van der Waals surface area contributed by atoms with Gasteiger partial charge in [0.2, 0.25) is 0 Å². The molecular weight excluding hydrogens is 399 g/mol. The van der Waals surface area contributed by atoms with Gasteiger partial charge in [-0.1, -0.05) is 42.1 Å². The lowest BCUT2D eigenvalue weighted by atomic mass is 9.97. The van der Waals surface area contributed by atoms with Crippen molar-refractivity contribution in [1.29, 1.82) is 0 Å². The van der Waals surface area contributed by atoms with Crippen molar-refractivity contribution in [2.24, 2.45) is 5.92 Å². The van der Waals surface area contributed by atoms with Crippen LogP contribution < -0.4 is 5.32 Å². The first-order valence-corrected chi connectivity index (χ1v) is 10.2. The summed E-state index contributed by atoms with van der Waals surface area (Å²) < 4.78 is 5.55. The number of carbonyl (C=O) groups is 2. The van der Waals surface area contributed by atoms with Crippen molar-refractivity contribution in [1.82, 2.24) is 10.3 Å². The number of hydrogen-bond donors (Lipinski definition) is 1. The van der Waals surface area contributed by atoms with Crippen LogP contribution in [0.2, 0.25) is 10.2 Å². The van der Waals surface area contributed by atoms with Crippen molar-refractivity contribution in [2.75, 3.05) is 0 Å². The second kappa shape index (κ2) is 8.26. The number of nitrogens with zero attached hydrogens (tertiary/aromatic N) is 1. The Morgan fingerprint density at radius 1 is 1.18 bits per heavy atom. The number of amides is 1. The fourth-order valence-electron chi connectivity index (χ4n) is 3.57. The normalized spacial score (nSPS) is 16.2. The summed E-state index contributed by atoms with van der Waals surface area (Å²) in [6.07, 6.45) is 5.37. The van der Waals surface area contributed by atoms with Gasteiger partial charge in [-0.15, -0.1) is 0 Å². The van der Waals surface area contributed by atoms with Crippen LogP contribution in [0.3, 0.4) is 0 Å². The summed E-state index contributed by atoms with van der Waals surface area (Å²) in [7, 11) is 0. The molecule has 5 nitrogen and oxygen atoms in total. The van der Waals surface area contributed by atoms with Crippen LogP contribution in [0, 0.1) is 5.92 Å². The highest BCUT2D eigenvalue weighted by atomic mass is 35.5. The van der Waals surface area contributed by atoms with E-state index in [0.29, 0.717) is 16.0 Å². The van der Waals surface area contributed by atoms with Crippen molar-refractivity contribution < 1.29 is 14.3 Å². The molecule has 0 aliphatic heterocycles. The Morgan fingerprint density at radius 2 is 1.86 bits per heavy atom. The third-order valence-corrected chi connectivity index (χ3v) is 5.47. The van der Waals surface area contributed by atoms with Gasteiger partial charge in [0, 0.05) is 22.5 Å². The molecule has 1 aliphatic rings. The van der Waals surface area contributed by atoms with Gasteiger partial charge in [0.05, 0.1) is 5.02 Å². The van der Waals surface area contributed by atoms with Gasteiger partial charge >= 0.3 is 5.97 Å². The van der Waals surface area contributed by atoms with E-state index >= 15 is 0 Å².